The van der Waals surface area contributed by atoms with Crippen LogP contribution in [0.5, 0.6) is 0 Å². The number of rotatable bonds is 5. The van der Waals surface area contributed by atoms with E-state index in [0.29, 0.717) is 36.0 Å². The van der Waals surface area contributed by atoms with Crippen molar-refractivity contribution in [3.8, 4) is 16.8 Å². The Morgan fingerprint density at radius 1 is 1.09 bits per heavy atom. The van der Waals surface area contributed by atoms with E-state index in [-0.39, 0.29) is 35.5 Å². The number of alkyl halides is 3. The molecule has 1 atom stereocenters. The number of nitrogens with zero attached hydrogens (tertiary/aromatic N) is 5. The number of nitrogens with two attached hydrogens (primary N) is 1. The van der Waals surface area contributed by atoms with E-state index in [2.05, 4.69) is 15.2 Å². The molecule has 0 saturated carbocycles. The Morgan fingerprint density at radius 3 is 2.67 bits per heavy atom. The number of nitrogen functional groups attached to an aromatic ring is 1. The predicted molar refractivity (Wildman–Crippen MR) is 159 cm³/mol. The minimum Gasteiger partial charge on any atom is -0.392 e. The first-order valence-electron chi connectivity index (χ1n) is 14.2. The molecule has 5 aromatic rings. The van der Waals surface area contributed by atoms with Crippen LogP contribution in [0.2, 0.25) is 0 Å². The van der Waals surface area contributed by atoms with Crippen LogP contribution in [-0.4, -0.2) is 56.6 Å². The van der Waals surface area contributed by atoms with Crippen molar-refractivity contribution in [2.75, 3.05) is 30.3 Å². The molecule has 45 heavy (non-hydrogen) atoms. The van der Waals surface area contributed by atoms with Crippen LogP contribution in [0.3, 0.4) is 0 Å². The number of aromatic nitrogens is 3. The molecule has 7 rings (SSSR count). The predicted octanol–water partition coefficient (Wildman–Crippen LogP) is 5.66. The zero-order chi connectivity index (χ0) is 31.5. The molecule has 3 N–H and O–H groups in total. The van der Waals surface area contributed by atoms with Gasteiger partial charge in [0.2, 0.25) is 0 Å². The number of carbonyl (C=O) groups is 1. The van der Waals surface area contributed by atoms with E-state index in [0.717, 1.165) is 27.3 Å². The summed E-state index contributed by atoms with van der Waals surface area (Å²) in [4.78, 5) is 17.3. The number of aliphatic hydroxyl groups is 1. The quantitative estimate of drug-likeness (QED) is 0.245. The molecule has 9 nitrogen and oxygen atoms in total. The minimum absolute atomic E-state index is 0.0238. The van der Waals surface area contributed by atoms with Gasteiger partial charge in [0.1, 0.15) is 11.5 Å². The van der Waals surface area contributed by atoms with E-state index < -0.39 is 29.2 Å². The van der Waals surface area contributed by atoms with Crippen molar-refractivity contribution in [1.29, 1.82) is 0 Å². The average Bonchev–Trinajstić information content (AvgIpc) is 3.69. The molecule has 1 saturated heterocycles. The molecule has 13 heteroatoms. The SMILES string of the molecule is Nc1noc2ccc(-n3nc(C(F)(F)F)c4c3C(=O)N(c3ccc(-c5ccccc5CN5CC[C@@H](O)C5)cc3F)CC=C4)cc12. The van der Waals surface area contributed by atoms with Gasteiger partial charge in [-0.3, -0.25) is 9.69 Å². The Bertz CT molecular complexity index is 1980. The Balaban J connectivity index is 1.27. The standard InChI is InChI=1S/C32H26F4N6O3/c33-25-14-18(22-5-2-1-4-19(22)16-40-13-11-21(43)17-40)7-9-26(25)41-12-3-6-23-28(31(41)44)42(38-29(23)32(34,35)36)20-8-10-27-24(15-20)30(37)39-45-27/h1-10,14-15,21,43H,11-13,16-17H2,(H2,37,39)/t21-/m1/s1. The third-order valence-electron chi connectivity index (χ3n) is 8.15. The van der Waals surface area contributed by atoms with Gasteiger partial charge in [-0.25, -0.2) is 9.07 Å². The summed E-state index contributed by atoms with van der Waals surface area (Å²) in [5, 5.41) is 17.7. The average molecular weight is 619 g/mol. The Morgan fingerprint density at radius 2 is 1.91 bits per heavy atom. The summed E-state index contributed by atoms with van der Waals surface area (Å²) >= 11 is 0. The van der Waals surface area contributed by atoms with Gasteiger partial charge < -0.3 is 20.3 Å². The number of aliphatic hydroxyl groups excluding tert-OH is 1. The number of β-amino-alcohol motifs (C(OH)–C–C–N with tert-alkyl or cyclic N) is 1. The second-order valence-corrected chi connectivity index (χ2v) is 11.1. The first-order chi connectivity index (χ1) is 21.6. The van der Waals surface area contributed by atoms with Crippen LogP contribution in [0.4, 0.5) is 29.1 Å². The highest BCUT2D eigenvalue weighted by molar-refractivity contribution is 6.09. The van der Waals surface area contributed by atoms with Gasteiger partial charge in [0.15, 0.2) is 17.1 Å². The number of halogens is 4. The molecule has 0 aliphatic carbocycles. The second kappa shape index (κ2) is 10.9. The van der Waals surface area contributed by atoms with Gasteiger partial charge in [-0.15, -0.1) is 0 Å². The van der Waals surface area contributed by atoms with Gasteiger partial charge >= 0.3 is 6.18 Å². The largest absolute Gasteiger partial charge is 0.435 e. The first kappa shape index (κ1) is 28.7. The molecule has 0 spiro atoms. The number of likely N-dealkylation sites (tertiary alicyclic amines) is 1. The van der Waals surface area contributed by atoms with Gasteiger partial charge in [0.05, 0.1) is 22.9 Å². The van der Waals surface area contributed by atoms with Gasteiger partial charge in [-0.05, 0) is 53.4 Å². The molecule has 1 amide bonds. The number of amides is 1. The van der Waals surface area contributed by atoms with E-state index >= 15 is 4.39 Å². The third-order valence-corrected chi connectivity index (χ3v) is 8.15. The lowest BCUT2D eigenvalue weighted by Crippen LogP contribution is -2.33. The smallest absolute Gasteiger partial charge is 0.392 e. The number of fused-ring (bicyclic) bond motifs is 2. The van der Waals surface area contributed by atoms with Crippen LogP contribution in [0.1, 0.15) is 33.7 Å². The fraction of sp³-hybridized carbons (Fsp3) is 0.219. The maximum Gasteiger partial charge on any atom is 0.435 e. The molecule has 4 heterocycles. The van der Waals surface area contributed by atoms with E-state index in [1.54, 1.807) is 6.07 Å². The van der Waals surface area contributed by atoms with Crippen LogP contribution in [0, 0.1) is 5.82 Å². The fourth-order valence-corrected chi connectivity index (χ4v) is 5.99. The normalized spacial score (nSPS) is 17.3. The number of anilines is 2. The van der Waals surface area contributed by atoms with Crippen molar-refractivity contribution in [1.82, 2.24) is 19.8 Å². The summed E-state index contributed by atoms with van der Waals surface area (Å²) in [6.45, 7) is 1.71. The fourth-order valence-electron chi connectivity index (χ4n) is 5.99. The summed E-state index contributed by atoms with van der Waals surface area (Å²) < 4.78 is 64.3. The minimum atomic E-state index is -4.87. The highest BCUT2D eigenvalue weighted by Crippen LogP contribution is 2.38. The lowest BCUT2D eigenvalue weighted by Gasteiger charge is -2.22. The third kappa shape index (κ3) is 5.13. The number of benzene rings is 3. The molecule has 2 aromatic heterocycles. The van der Waals surface area contributed by atoms with Crippen molar-refractivity contribution < 1.29 is 32.0 Å². The number of hydrogen-bond acceptors (Lipinski definition) is 7. The zero-order valence-corrected chi connectivity index (χ0v) is 23.6. The molecule has 0 unspecified atom stereocenters. The molecule has 1 fully saturated rings. The van der Waals surface area contributed by atoms with Crippen molar-refractivity contribution >= 4 is 34.5 Å². The van der Waals surface area contributed by atoms with Crippen LogP contribution in [0.25, 0.3) is 33.9 Å². The van der Waals surface area contributed by atoms with E-state index in [1.807, 2.05) is 24.3 Å². The maximum atomic E-state index is 15.9. The number of carbonyl (C=O) groups excluding carboxylic acids is 1. The Labute approximate surface area is 253 Å². The van der Waals surface area contributed by atoms with E-state index in [9.17, 15) is 23.1 Å². The summed E-state index contributed by atoms with van der Waals surface area (Å²) in [5.74, 6) is -1.56. The lowest BCUT2D eigenvalue weighted by molar-refractivity contribution is -0.141. The summed E-state index contributed by atoms with van der Waals surface area (Å²) in [6, 6.07) is 16.3. The van der Waals surface area contributed by atoms with Gasteiger partial charge in [-0.1, -0.05) is 47.6 Å². The molecule has 2 aliphatic rings. The first-order valence-corrected chi connectivity index (χ1v) is 14.2. The Hall–Kier alpha value is -5.01. The van der Waals surface area contributed by atoms with Crippen LogP contribution in [0.15, 0.2) is 71.3 Å². The van der Waals surface area contributed by atoms with Crippen LogP contribution < -0.4 is 10.6 Å². The van der Waals surface area contributed by atoms with E-state index in [4.69, 9.17) is 10.3 Å². The highest BCUT2D eigenvalue weighted by Gasteiger charge is 2.42. The monoisotopic (exact) mass is 618 g/mol. The summed E-state index contributed by atoms with van der Waals surface area (Å²) in [5.41, 5.74) is 6.45. The lowest BCUT2D eigenvalue weighted by atomic mass is 9.98. The van der Waals surface area contributed by atoms with Crippen molar-refractivity contribution in [3.05, 3.63) is 95.1 Å². The molecule has 2 aliphatic heterocycles. The zero-order valence-electron chi connectivity index (χ0n) is 23.6. The van der Waals surface area contributed by atoms with Crippen LogP contribution in [-0.2, 0) is 12.7 Å². The molecular formula is C32H26F4N6O3. The second-order valence-electron chi connectivity index (χ2n) is 11.1. The molecule has 0 bridgehead atoms. The maximum absolute atomic E-state index is 15.9. The Kier molecular flexibility index (Phi) is 6.94. The topological polar surface area (TPSA) is 114 Å². The van der Waals surface area contributed by atoms with Crippen molar-refractivity contribution in [2.24, 2.45) is 0 Å². The summed E-state index contributed by atoms with van der Waals surface area (Å²) in [6.07, 6.45) is -1.99. The molecule has 3 aromatic carbocycles. The molecular weight excluding hydrogens is 592 g/mol. The molecule has 0 radical (unpaired) electrons. The highest BCUT2D eigenvalue weighted by atomic mass is 19.4. The van der Waals surface area contributed by atoms with Crippen molar-refractivity contribution in [3.63, 3.8) is 0 Å². The molecule has 230 valence electrons. The van der Waals surface area contributed by atoms with Crippen LogP contribution >= 0.6 is 0 Å². The van der Waals surface area contributed by atoms with Crippen molar-refractivity contribution in [2.45, 2.75) is 25.2 Å². The van der Waals surface area contributed by atoms with Gasteiger partial charge in [0.25, 0.3) is 5.91 Å². The summed E-state index contributed by atoms with van der Waals surface area (Å²) in [7, 11) is 0. The number of hydrogen-bond donors (Lipinski definition) is 2. The van der Waals surface area contributed by atoms with E-state index in [1.165, 1.54) is 42.5 Å². The van der Waals surface area contributed by atoms with Gasteiger partial charge in [-0.2, -0.15) is 18.3 Å². The van der Waals surface area contributed by atoms with Gasteiger partial charge in [0, 0.05) is 31.7 Å².